The quantitative estimate of drug-likeness (QED) is 0.441. The van der Waals surface area contributed by atoms with Crippen LogP contribution in [0.1, 0.15) is 39.7 Å². The van der Waals surface area contributed by atoms with E-state index >= 15 is 0 Å². The molecule has 0 aliphatic carbocycles. The fraction of sp³-hybridized carbons (Fsp3) is 0.435. The molecular formula is C23H31N3OS. The van der Waals surface area contributed by atoms with Gasteiger partial charge >= 0.3 is 0 Å². The van der Waals surface area contributed by atoms with Crippen molar-refractivity contribution in [2.45, 2.75) is 45.8 Å². The van der Waals surface area contributed by atoms with Gasteiger partial charge in [-0.15, -0.1) is 0 Å². The molecule has 0 saturated carbocycles. The second-order valence-electron chi connectivity index (χ2n) is 8.06. The Labute approximate surface area is 173 Å². The zero-order valence-corrected chi connectivity index (χ0v) is 18.6. The van der Waals surface area contributed by atoms with Gasteiger partial charge in [-0.2, -0.15) is 5.26 Å². The summed E-state index contributed by atoms with van der Waals surface area (Å²) in [5.41, 5.74) is 2.08. The molecule has 150 valence electrons. The van der Waals surface area contributed by atoms with Crippen molar-refractivity contribution in [2.75, 3.05) is 25.6 Å². The highest BCUT2D eigenvalue weighted by Gasteiger charge is 2.18. The Balaban J connectivity index is 2.07. The van der Waals surface area contributed by atoms with Crippen LogP contribution in [-0.2, 0) is 4.74 Å². The second-order valence-corrected chi connectivity index (χ2v) is 8.91. The Morgan fingerprint density at radius 2 is 1.89 bits per heavy atom. The lowest BCUT2D eigenvalue weighted by Gasteiger charge is -2.25. The molecule has 0 radical (unpaired) electrons. The van der Waals surface area contributed by atoms with E-state index in [0.29, 0.717) is 11.5 Å². The molecule has 4 nitrogen and oxygen atoms in total. The molecule has 0 aliphatic heterocycles. The maximum atomic E-state index is 9.53. The third kappa shape index (κ3) is 6.87. The lowest BCUT2D eigenvalue weighted by Crippen LogP contribution is -2.35. The molecule has 0 aliphatic rings. The van der Waals surface area contributed by atoms with E-state index in [-0.39, 0.29) is 11.6 Å². The maximum absolute atomic E-state index is 9.53. The van der Waals surface area contributed by atoms with Gasteiger partial charge in [0.1, 0.15) is 11.0 Å². The summed E-state index contributed by atoms with van der Waals surface area (Å²) in [4.78, 5) is 2.74. The van der Waals surface area contributed by atoms with Crippen LogP contribution in [0.3, 0.4) is 0 Å². The van der Waals surface area contributed by atoms with E-state index in [2.05, 4.69) is 65.9 Å². The molecule has 2 aromatic rings. The first kappa shape index (κ1) is 22.3. The summed E-state index contributed by atoms with van der Waals surface area (Å²) in [7, 11) is 4.08. The van der Waals surface area contributed by atoms with E-state index in [1.165, 1.54) is 28.4 Å². The molecule has 0 unspecified atom stereocenters. The number of allylic oxidation sites excluding steroid dienone is 1. The van der Waals surface area contributed by atoms with Gasteiger partial charge in [0.25, 0.3) is 0 Å². The zero-order chi connectivity index (χ0) is 20.7. The minimum atomic E-state index is -0.124. The summed E-state index contributed by atoms with van der Waals surface area (Å²) in [6.45, 7) is 9.02. The molecule has 2 aromatic carbocycles. The third-order valence-corrected chi connectivity index (χ3v) is 5.47. The molecule has 28 heavy (non-hydrogen) atoms. The number of anilines is 1. The largest absolute Gasteiger partial charge is 0.379 e. The van der Waals surface area contributed by atoms with E-state index in [1.807, 2.05) is 34.0 Å². The summed E-state index contributed by atoms with van der Waals surface area (Å²) < 4.78 is 9.04. The first-order valence-electron chi connectivity index (χ1n) is 9.59. The van der Waals surface area contributed by atoms with Crippen molar-refractivity contribution in [2.24, 2.45) is 0 Å². The fourth-order valence-corrected chi connectivity index (χ4v) is 3.38. The summed E-state index contributed by atoms with van der Waals surface area (Å²) in [5.74, 6) is 0. The Kier molecular flexibility index (Phi) is 7.94. The summed E-state index contributed by atoms with van der Waals surface area (Å²) in [6, 6.07) is 15.0. The number of nitriles is 1. The van der Waals surface area contributed by atoms with Crippen LogP contribution in [0, 0.1) is 11.3 Å². The normalized spacial score (nSPS) is 12.4. The van der Waals surface area contributed by atoms with Crippen LogP contribution in [-0.4, -0.2) is 32.3 Å². The number of nitrogens with one attached hydrogen (secondary N) is 1. The topological polar surface area (TPSA) is 48.3 Å². The molecule has 0 aromatic heterocycles. The molecule has 2 rings (SSSR count). The molecular weight excluding hydrogens is 366 g/mol. The highest BCUT2D eigenvalue weighted by Crippen LogP contribution is 2.25. The van der Waals surface area contributed by atoms with Crippen molar-refractivity contribution in [3.63, 3.8) is 0 Å². The summed E-state index contributed by atoms with van der Waals surface area (Å²) in [5, 5.41) is 11.9. The van der Waals surface area contributed by atoms with Gasteiger partial charge in [0.05, 0.1) is 6.10 Å². The summed E-state index contributed by atoms with van der Waals surface area (Å²) >= 11 is 1.38. The second kappa shape index (κ2) is 9.97. The van der Waals surface area contributed by atoms with Crippen molar-refractivity contribution < 1.29 is 4.74 Å². The summed E-state index contributed by atoms with van der Waals surface area (Å²) in [6.07, 6.45) is 3.04. The first-order valence-corrected chi connectivity index (χ1v) is 10.4. The van der Waals surface area contributed by atoms with Crippen LogP contribution in [0.15, 0.2) is 41.3 Å². The lowest BCUT2D eigenvalue weighted by atomic mass is 10.0. The van der Waals surface area contributed by atoms with Crippen molar-refractivity contribution in [1.29, 1.82) is 5.26 Å². The van der Waals surface area contributed by atoms with Crippen LogP contribution in [0.2, 0.25) is 0 Å². The fourth-order valence-electron chi connectivity index (χ4n) is 2.65. The predicted octanol–water partition coefficient (Wildman–Crippen LogP) is 5.60. The minimum absolute atomic E-state index is 0.124. The molecule has 0 atom stereocenters. The van der Waals surface area contributed by atoms with Gasteiger partial charge in [0.2, 0.25) is 0 Å². The molecule has 1 N–H and O–H groups in total. The van der Waals surface area contributed by atoms with Crippen molar-refractivity contribution in [1.82, 2.24) is 4.72 Å². The van der Waals surface area contributed by atoms with E-state index < -0.39 is 0 Å². The Bertz CT molecular complexity index is 866. The van der Waals surface area contributed by atoms with Gasteiger partial charge < -0.3 is 9.64 Å². The number of ether oxygens (including phenoxy) is 1. The maximum Gasteiger partial charge on any atom is 0.107 e. The monoisotopic (exact) mass is 397 g/mol. The highest BCUT2D eigenvalue weighted by molar-refractivity contribution is 8.01. The average molecular weight is 398 g/mol. The van der Waals surface area contributed by atoms with Crippen LogP contribution in [0.5, 0.6) is 0 Å². The van der Waals surface area contributed by atoms with Gasteiger partial charge in [0, 0.05) is 31.9 Å². The number of hydrogen-bond acceptors (Lipinski definition) is 5. The highest BCUT2D eigenvalue weighted by atomic mass is 32.2. The number of benzene rings is 2. The van der Waals surface area contributed by atoms with Gasteiger partial charge in [-0.3, -0.25) is 4.72 Å². The van der Waals surface area contributed by atoms with Crippen LogP contribution in [0.25, 0.3) is 16.8 Å². The Hall–Kier alpha value is -2.00. The lowest BCUT2D eigenvalue weighted by molar-refractivity contribution is 0.0667. The van der Waals surface area contributed by atoms with Gasteiger partial charge in [-0.1, -0.05) is 18.2 Å². The van der Waals surface area contributed by atoms with Gasteiger partial charge in [-0.25, -0.2) is 0 Å². The Morgan fingerprint density at radius 3 is 2.54 bits per heavy atom. The molecule has 0 amide bonds. The van der Waals surface area contributed by atoms with Crippen LogP contribution >= 0.6 is 11.9 Å². The van der Waals surface area contributed by atoms with Crippen LogP contribution in [0.4, 0.5) is 5.69 Å². The average Bonchev–Trinajstić information content (AvgIpc) is 2.64. The molecule has 0 heterocycles. The van der Waals surface area contributed by atoms with Crippen LogP contribution < -0.4 is 9.62 Å². The van der Waals surface area contributed by atoms with E-state index in [4.69, 9.17) is 4.74 Å². The molecule has 0 saturated heterocycles. The predicted molar refractivity (Wildman–Crippen MR) is 122 cm³/mol. The van der Waals surface area contributed by atoms with Crippen molar-refractivity contribution in [3.05, 3.63) is 46.9 Å². The van der Waals surface area contributed by atoms with Gasteiger partial charge in [0.15, 0.2) is 0 Å². The molecule has 0 fully saturated rings. The van der Waals surface area contributed by atoms with E-state index in [1.54, 1.807) is 0 Å². The number of rotatable bonds is 9. The smallest absolute Gasteiger partial charge is 0.107 e. The number of fused-ring (bicyclic) bond motifs is 1. The third-order valence-electron chi connectivity index (χ3n) is 4.39. The minimum Gasteiger partial charge on any atom is -0.379 e. The SMILES string of the molecule is CC(C)OCCC(C)(C)NS/C(C#N)=C/c1ccc2cc(N(C)C)ccc2c1. The Morgan fingerprint density at radius 1 is 1.21 bits per heavy atom. The van der Waals surface area contributed by atoms with Crippen molar-refractivity contribution >= 4 is 34.5 Å². The standard InChI is InChI=1S/C23H31N3OS/c1-17(2)27-12-11-23(3,4)25-28-22(16-24)14-18-7-8-20-15-21(26(5)6)10-9-19(20)13-18/h7-10,13-15,17,25H,11-12H2,1-6H3/b22-14+. The molecule has 0 spiro atoms. The van der Waals surface area contributed by atoms with E-state index in [9.17, 15) is 5.26 Å². The first-order chi connectivity index (χ1) is 13.2. The number of hydrogen-bond donors (Lipinski definition) is 1. The molecule has 5 heteroatoms. The molecule has 0 bridgehead atoms. The zero-order valence-electron chi connectivity index (χ0n) is 17.7. The van der Waals surface area contributed by atoms with Gasteiger partial charge in [-0.05, 0) is 86.7 Å². The number of nitrogens with zero attached hydrogens (tertiary/aromatic N) is 2. The van der Waals surface area contributed by atoms with Crippen molar-refractivity contribution in [3.8, 4) is 6.07 Å². The van der Waals surface area contributed by atoms with E-state index in [0.717, 1.165) is 12.0 Å².